The van der Waals surface area contributed by atoms with Crippen LogP contribution in [0.15, 0.2) is 30.6 Å². The predicted octanol–water partition coefficient (Wildman–Crippen LogP) is 3.21. The SMILES string of the molecule is Fc1cc(N2CCN(c3nc4cc(Cl)ccc4s3)CC2)ncn1. The van der Waals surface area contributed by atoms with Crippen molar-refractivity contribution in [1.82, 2.24) is 15.0 Å². The number of hydrogen-bond donors (Lipinski definition) is 0. The van der Waals surface area contributed by atoms with Gasteiger partial charge in [0, 0.05) is 37.3 Å². The number of thiazole rings is 1. The average Bonchev–Trinajstić information content (AvgIpc) is 2.98. The van der Waals surface area contributed by atoms with Crippen molar-refractivity contribution in [3.05, 3.63) is 41.6 Å². The van der Waals surface area contributed by atoms with Gasteiger partial charge in [-0.2, -0.15) is 4.39 Å². The molecule has 0 saturated carbocycles. The second-order valence-corrected chi connectivity index (χ2v) is 6.73. The minimum Gasteiger partial charge on any atom is -0.353 e. The Bertz CT molecular complexity index is 847. The molecule has 1 saturated heterocycles. The van der Waals surface area contributed by atoms with Crippen molar-refractivity contribution in [2.45, 2.75) is 0 Å². The van der Waals surface area contributed by atoms with Crippen LogP contribution < -0.4 is 9.80 Å². The van der Waals surface area contributed by atoms with Crippen LogP contribution in [0.3, 0.4) is 0 Å². The lowest BCUT2D eigenvalue weighted by Gasteiger charge is -2.35. The molecular weight excluding hydrogens is 337 g/mol. The maximum absolute atomic E-state index is 13.2. The first-order valence-corrected chi connectivity index (χ1v) is 8.42. The molecule has 0 atom stereocenters. The molecule has 1 aliphatic rings. The van der Waals surface area contributed by atoms with E-state index in [0.29, 0.717) is 10.8 Å². The summed E-state index contributed by atoms with van der Waals surface area (Å²) in [5.74, 6) is 0.133. The fraction of sp³-hybridized carbons (Fsp3) is 0.267. The molecule has 2 aromatic heterocycles. The van der Waals surface area contributed by atoms with E-state index >= 15 is 0 Å². The molecule has 1 aromatic carbocycles. The number of aromatic nitrogens is 3. The monoisotopic (exact) mass is 349 g/mol. The zero-order valence-electron chi connectivity index (χ0n) is 12.1. The molecule has 1 fully saturated rings. The second kappa shape index (κ2) is 5.90. The van der Waals surface area contributed by atoms with Crippen LogP contribution in [0.2, 0.25) is 5.02 Å². The zero-order chi connectivity index (χ0) is 15.8. The van der Waals surface area contributed by atoms with E-state index in [1.54, 1.807) is 11.3 Å². The maximum Gasteiger partial charge on any atom is 0.218 e. The highest BCUT2D eigenvalue weighted by Crippen LogP contribution is 2.31. The molecular formula is C15H13ClFN5S. The lowest BCUT2D eigenvalue weighted by molar-refractivity contribution is 0.574. The average molecular weight is 350 g/mol. The first-order chi connectivity index (χ1) is 11.2. The van der Waals surface area contributed by atoms with E-state index in [1.807, 2.05) is 18.2 Å². The molecule has 1 aliphatic heterocycles. The number of piperazine rings is 1. The molecule has 0 radical (unpaired) electrons. The Morgan fingerprint density at radius 2 is 1.83 bits per heavy atom. The summed E-state index contributed by atoms with van der Waals surface area (Å²) in [5, 5.41) is 1.70. The van der Waals surface area contributed by atoms with E-state index in [1.165, 1.54) is 12.4 Å². The van der Waals surface area contributed by atoms with Gasteiger partial charge in [0.05, 0.1) is 10.2 Å². The number of anilines is 2. The predicted molar refractivity (Wildman–Crippen MR) is 91.0 cm³/mol. The third-order valence-electron chi connectivity index (χ3n) is 3.83. The first kappa shape index (κ1) is 14.6. The van der Waals surface area contributed by atoms with Gasteiger partial charge < -0.3 is 9.80 Å². The molecule has 4 rings (SSSR count). The van der Waals surface area contributed by atoms with Gasteiger partial charge in [0.1, 0.15) is 12.1 Å². The van der Waals surface area contributed by atoms with Crippen LogP contribution in [-0.4, -0.2) is 41.1 Å². The Hall–Kier alpha value is -1.99. The van der Waals surface area contributed by atoms with Crippen molar-refractivity contribution in [1.29, 1.82) is 0 Å². The molecule has 3 heterocycles. The molecule has 0 N–H and O–H groups in total. The number of rotatable bonds is 2. The zero-order valence-corrected chi connectivity index (χ0v) is 13.7. The normalized spacial score (nSPS) is 15.4. The smallest absolute Gasteiger partial charge is 0.218 e. The number of halogens is 2. The van der Waals surface area contributed by atoms with Crippen LogP contribution in [0.25, 0.3) is 10.2 Å². The van der Waals surface area contributed by atoms with Gasteiger partial charge in [0.15, 0.2) is 5.13 Å². The van der Waals surface area contributed by atoms with Gasteiger partial charge in [-0.3, -0.25) is 0 Å². The second-order valence-electron chi connectivity index (χ2n) is 5.28. The van der Waals surface area contributed by atoms with Gasteiger partial charge in [-0.05, 0) is 18.2 Å². The highest BCUT2D eigenvalue weighted by atomic mass is 35.5. The Labute approximate surface area is 141 Å². The Kier molecular flexibility index (Phi) is 3.74. The van der Waals surface area contributed by atoms with E-state index in [4.69, 9.17) is 11.6 Å². The van der Waals surface area contributed by atoms with E-state index < -0.39 is 5.95 Å². The molecule has 0 amide bonds. The molecule has 8 heteroatoms. The van der Waals surface area contributed by atoms with Crippen LogP contribution in [0, 0.1) is 5.95 Å². The van der Waals surface area contributed by atoms with Crippen LogP contribution in [0.5, 0.6) is 0 Å². The minimum atomic E-state index is -0.500. The minimum absolute atomic E-state index is 0.500. The fourth-order valence-corrected chi connectivity index (χ4v) is 3.81. The number of fused-ring (bicyclic) bond motifs is 1. The quantitative estimate of drug-likeness (QED) is 0.665. The lowest BCUT2D eigenvalue weighted by Crippen LogP contribution is -2.46. The highest BCUT2D eigenvalue weighted by molar-refractivity contribution is 7.22. The van der Waals surface area contributed by atoms with Gasteiger partial charge in [-0.25, -0.2) is 15.0 Å². The maximum atomic E-state index is 13.2. The molecule has 0 spiro atoms. The van der Waals surface area contributed by atoms with Gasteiger partial charge in [0.25, 0.3) is 0 Å². The summed E-state index contributed by atoms with van der Waals surface area (Å²) in [7, 11) is 0. The van der Waals surface area contributed by atoms with Gasteiger partial charge in [-0.1, -0.05) is 22.9 Å². The van der Waals surface area contributed by atoms with E-state index in [2.05, 4.69) is 24.8 Å². The largest absolute Gasteiger partial charge is 0.353 e. The summed E-state index contributed by atoms with van der Waals surface area (Å²) in [5.41, 5.74) is 0.929. The molecule has 0 unspecified atom stereocenters. The third-order valence-corrected chi connectivity index (χ3v) is 5.16. The molecule has 23 heavy (non-hydrogen) atoms. The summed E-state index contributed by atoms with van der Waals surface area (Å²) in [4.78, 5) is 16.6. The van der Waals surface area contributed by atoms with Crippen LogP contribution >= 0.6 is 22.9 Å². The molecule has 3 aromatic rings. The van der Waals surface area contributed by atoms with Crippen molar-refractivity contribution >= 4 is 44.1 Å². The third kappa shape index (κ3) is 2.94. The van der Waals surface area contributed by atoms with E-state index in [0.717, 1.165) is 41.5 Å². The molecule has 0 bridgehead atoms. The van der Waals surface area contributed by atoms with E-state index in [9.17, 15) is 4.39 Å². The topological polar surface area (TPSA) is 45.2 Å². The lowest BCUT2D eigenvalue weighted by atomic mass is 10.3. The standard InChI is InChI=1S/C15H13ClFN5S/c16-10-1-2-12-11(7-10)20-15(23-12)22-5-3-21(4-6-22)14-8-13(17)18-9-19-14/h1-2,7-9H,3-6H2. The molecule has 0 aliphatic carbocycles. The Morgan fingerprint density at radius 1 is 1.04 bits per heavy atom. The van der Waals surface area contributed by atoms with Gasteiger partial charge in [0.2, 0.25) is 5.95 Å². The van der Waals surface area contributed by atoms with Crippen molar-refractivity contribution in [3.8, 4) is 0 Å². The van der Waals surface area contributed by atoms with Crippen molar-refractivity contribution in [2.24, 2.45) is 0 Å². The Balaban J connectivity index is 1.50. The van der Waals surface area contributed by atoms with Crippen molar-refractivity contribution in [3.63, 3.8) is 0 Å². The number of benzene rings is 1. The van der Waals surface area contributed by atoms with E-state index in [-0.39, 0.29) is 0 Å². The number of hydrogen-bond acceptors (Lipinski definition) is 6. The van der Waals surface area contributed by atoms with Crippen LogP contribution in [0.4, 0.5) is 15.3 Å². The summed E-state index contributed by atoms with van der Waals surface area (Å²) in [6.45, 7) is 3.18. The van der Waals surface area contributed by atoms with Gasteiger partial charge in [-0.15, -0.1) is 0 Å². The summed E-state index contributed by atoms with van der Waals surface area (Å²) < 4.78 is 14.3. The van der Waals surface area contributed by atoms with Crippen molar-refractivity contribution < 1.29 is 4.39 Å². The summed E-state index contributed by atoms with van der Waals surface area (Å²) >= 11 is 7.68. The number of nitrogens with zero attached hydrogens (tertiary/aromatic N) is 5. The Morgan fingerprint density at radius 3 is 2.61 bits per heavy atom. The molecule has 118 valence electrons. The highest BCUT2D eigenvalue weighted by Gasteiger charge is 2.21. The summed E-state index contributed by atoms with van der Waals surface area (Å²) in [6.07, 6.45) is 1.26. The van der Waals surface area contributed by atoms with Crippen LogP contribution in [0.1, 0.15) is 0 Å². The summed E-state index contributed by atoms with van der Waals surface area (Å²) in [6, 6.07) is 7.14. The molecule has 5 nitrogen and oxygen atoms in total. The first-order valence-electron chi connectivity index (χ1n) is 7.22. The van der Waals surface area contributed by atoms with Crippen LogP contribution in [-0.2, 0) is 0 Å². The fourth-order valence-electron chi connectivity index (χ4n) is 2.65. The van der Waals surface area contributed by atoms with Crippen molar-refractivity contribution in [2.75, 3.05) is 36.0 Å². The van der Waals surface area contributed by atoms with Gasteiger partial charge >= 0.3 is 0 Å².